The summed E-state index contributed by atoms with van der Waals surface area (Å²) >= 11 is 0. The Bertz CT molecular complexity index is 1090. The van der Waals surface area contributed by atoms with Crippen molar-refractivity contribution >= 4 is 27.7 Å². The van der Waals surface area contributed by atoms with Crippen LogP contribution in [0.3, 0.4) is 0 Å². The van der Waals surface area contributed by atoms with Gasteiger partial charge in [-0.1, -0.05) is 36.4 Å². The summed E-state index contributed by atoms with van der Waals surface area (Å²) in [7, 11) is -1.36. The molecule has 32 heavy (non-hydrogen) atoms. The highest BCUT2D eigenvalue weighted by molar-refractivity contribution is 7.80. The van der Waals surface area contributed by atoms with Gasteiger partial charge in [0.25, 0.3) is 0 Å². The zero-order valence-electron chi connectivity index (χ0n) is 19.0. The van der Waals surface area contributed by atoms with E-state index in [0.29, 0.717) is 22.3 Å². The van der Waals surface area contributed by atoms with E-state index in [-0.39, 0.29) is 17.6 Å². The number of ketones is 2. The van der Waals surface area contributed by atoms with Crippen LogP contribution in [-0.2, 0) is 14.6 Å². The Hall–Kier alpha value is -2.59. The first-order chi connectivity index (χ1) is 15.0. The zero-order valence-corrected chi connectivity index (χ0v) is 19.9. The van der Waals surface area contributed by atoms with Crippen molar-refractivity contribution < 1.29 is 31.2 Å². The van der Waals surface area contributed by atoms with Crippen LogP contribution in [0, 0.1) is 0 Å². The Labute approximate surface area is 189 Å². The van der Waals surface area contributed by atoms with Crippen molar-refractivity contribution in [1.82, 2.24) is 0 Å². The number of hydrogen-bond donors (Lipinski definition) is 1. The second-order valence-corrected chi connectivity index (χ2v) is 9.14. The molecule has 0 heterocycles. The summed E-state index contributed by atoms with van der Waals surface area (Å²) in [5.74, 6) is -0.150. The minimum absolute atomic E-state index is 0.0748. The average Bonchev–Trinajstić information content (AvgIpc) is 2.77. The minimum Gasteiger partial charge on any atom is -0.726 e. The van der Waals surface area contributed by atoms with Crippen molar-refractivity contribution in [3.8, 4) is 0 Å². The van der Waals surface area contributed by atoms with Crippen LogP contribution >= 0.6 is 0 Å². The minimum atomic E-state index is -4.41. The molecule has 1 unspecified atom stereocenters. The third kappa shape index (κ3) is 6.01. The number of carbonyl (C=O) groups excluding carboxylic acids is 2. The van der Waals surface area contributed by atoms with Gasteiger partial charge in [0.05, 0.1) is 45.4 Å². The maximum absolute atomic E-state index is 13.1. The average molecular weight is 463 g/mol. The van der Waals surface area contributed by atoms with Gasteiger partial charge in [0.2, 0.25) is 10.4 Å². The molecule has 0 amide bonds. The predicted octanol–water partition coefficient (Wildman–Crippen LogP) is 2.84. The van der Waals surface area contributed by atoms with Crippen LogP contribution in [0.25, 0.3) is 0 Å². The molecule has 8 nitrogen and oxygen atoms in total. The van der Waals surface area contributed by atoms with E-state index in [1.165, 1.54) is 0 Å². The lowest BCUT2D eigenvalue weighted by molar-refractivity contribution is -0.906. The molecule has 0 aliphatic heterocycles. The van der Waals surface area contributed by atoms with Crippen LogP contribution in [0.4, 0.5) is 5.69 Å². The number of benzene rings is 2. The first-order valence-electron chi connectivity index (χ1n) is 10.4. The van der Waals surface area contributed by atoms with Crippen molar-refractivity contribution in [2.75, 3.05) is 39.1 Å². The number of nitrogens with zero attached hydrogens (tertiary/aromatic N) is 1. The number of carbonyl (C=O) groups is 2. The number of quaternary nitrogens is 1. The number of nitrogens with one attached hydrogen (secondary N) is 1. The Kier molecular flexibility index (Phi) is 8.30. The van der Waals surface area contributed by atoms with Crippen LogP contribution in [0.1, 0.15) is 52.6 Å². The molecule has 1 aliphatic rings. The van der Waals surface area contributed by atoms with E-state index in [0.717, 1.165) is 36.9 Å². The molecule has 0 spiro atoms. The van der Waals surface area contributed by atoms with Crippen LogP contribution in [0.15, 0.2) is 42.5 Å². The lowest BCUT2D eigenvalue weighted by Gasteiger charge is -2.35. The molecule has 9 heteroatoms. The fourth-order valence-corrected chi connectivity index (χ4v) is 3.72. The molecule has 1 N–H and O–H groups in total. The fourth-order valence-electron chi connectivity index (χ4n) is 3.72. The van der Waals surface area contributed by atoms with Crippen LogP contribution in [0.2, 0.25) is 0 Å². The number of rotatable bonds is 7. The van der Waals surface area contributed by atoms with E-state index in [1.807, 2.05) is 12.1 Å². The van der Waals surface area contributed by atoms with E-state index in [4.69, 9.17) is 0 Å². The molecular weight excluding hydrogens is 432 g/mol. The number of hydrogen-bond acceptors (Lipinski definition) is 7. The molecule has 0 saturated heterocycles. The summed E-state index contributed by atoms with van der Waals surface area (Å²) < 4.78 is 32.0. The van der Waals surface area contributed by atoms with Gasteiger partial charge in [-0.3, -0.25) is 13.8 Å². The highest BCUT2D eigenvalue weighted by Gasteiger charge is 2.32. The lowest BCUT2D eigenvalue weighted by atomic mass is 9.83. The summed E-state index contributed by atoms with van der Waals surface area (Å²) in [5.41, 5.74) is 2.74. The van der Waals surface area contributed by atoms with Gasteiger partial charge in [-0.15, -0.1) is 0 Å². The van der Waals surface area contributed by atoms with Gasteiger partial charge in [-0.25, -0.2) is 8.42 Å². The normalized spacial score (nSPS) is 14.1. The Balaban J connectivity index is 0.000000534. The van der Waals surface area contributed by atoms with Crippen molar-refractivity contribution in [1.29, 1.82) is 0 Å². The summed E-state index contributed by atoms with van der Waals surface area (Å²) in [6, 6.07) is 12.8. The first-order valence-corrected chi connectivity index (χ1v) is 11.7. The van der Waals surface area contributed by atoms with Crippen LogP contribution in [0.5, 0.6) is 0 Å². The molecule has 3 rings (SSSR count). The van der Waals surface area contributed by atoms with E-state index in [9.17, 15) is 22.6 Å². The molecule has 0 radical (unpaired) electrons. The zero-order chi connectivity index (χ0) is 24.1. The predicted molar refractivity (Wildman–Crippen MR) is 122 cm³/mol. The molecule has 0 bridgehead atoms. The second kappa shape index (κ2) is 10.4. The Morgan fingerprint density at radius 2 is 1.47 bits per heavy atom. The fraction of sp³-hybridized carbons (Fsp3) is 0.391. The van der Waals surface area contributed by atoms with Crippen LogP contribution < -0.4 is 5.32 Å². The van der Waals surface area contributed by atoms with E-state index >= 15 is 0 Å². The van der Waals surface area contributed by atoms with Crippen molar-refractivity contribution in [3.63, 3.8) is 0 Å². The summed E-state index contributed by atoms with van der Waals surface area (Å²) in [5, 5.41) is 3.49. The summed E-state index contributed by atoms with van der Waals surface area (Å²) in [4.78, 5) is 25.9. The lowest BCUT2D eigenvalue weighted by Crippen LogP contribution is -2.49. The van der Waals surface area contributed by atoms with Crippen molar-refractivity contribution in [2.24, 2.45) is 0 Å². The van der Waals surface area contributed by atoms with Gasteiger partial charge in [0.15, 0.2) is 11.6 Å². The van der Waals surface area contributed by atoms with Gasteiger partial charge < -0.3 is 14.4 Å². The second-order valence-electron chi connectivity index (χ2n) is 7.99. The number of anilines is 1. The third-order valence-corrected chi connectivity index (χ3v) is 6.21. The standard InChI is InChI=1S/C22H26N2O2.CH4O4S/c1-5-24(4,6-2)14-15(3)23-19-13-9-12-18-20(19)22(26)17-11-8-7-10-16(17)21(18)25;1-5-6(2,3)4/h7-13,15H,5-6,14H2,1-4H3;1H3,(H,2,3,4). The van der Waals surface area contributed by atoms with Crippen molar-refractivity contribution in [2.45, 2.75) is 26.8 Å². The molecule has 0 fully saturated rings. The van der Waals surface area contributed by atoms with Crippen LogP contribution in [-0.4, -0.2) is 68.9 Å². The first kappa shape index (κ1) is 25.7. The highest BCUT2D eigenvalue weighted by atomic mass is 32.3. The molecule has 174 valence electrons. The summed E-state index contributed by atoms with van der Waals surface area (Å²) in [6.07, 6.45) is 0. The maximum Gasteiger partial charge on any atom is 0.217 e. The van der Waals surface area contributed by atoms with Gasteiger partial charge in [-0.2, -0.15) is 0 Å². The van der Waals surface area contributed by atoms with Gasteiger partial charge >= 0.3 is 0 Å². The number of likely N-dealkylation sites (N-methyl/N-ethyl adjacent to an activating group) is 1. The quantitative estimate of drug-likeness (QED) is 0.326. The van der Waals surface area contributed by atoms with E-state index in [2.05, 4.69) is 37.3 Å². The number of fused-ring (bicyclic) bond motifs is 2. The monoisotopic (exact) mass is 462 g/mol. The third-order valence-electron chi connectivity index (χ3n) is 5.80. The Morgan fingerprint density at radius 3 is 1.97 bits per heavy atom. The molecular formula is C23H30N2O6S. The van der Waals surface area contributed by atoms with Gasteiger partial charge in [0.1, 0.15) is 0 Å². The molecule has 0 aromatic heterocycles. The smallest absolute Gasteiger partial charge is 0.217 e. The highest BCUT2D eigenvalue weighted by Crippen LogP contribution is 2.32. The van der Waals surface area contributed by atoms with Gasteiger partial charge in [-0.05, 0) is 26.8 Å². The van der Waals surface area contributed by atoms with E-state index in [1.54, 1.807) is 30.3 Å². The van der Waals surface area contributed by atoms with Gasteiger partial charge in [0, 0.05) is 22.4 Å². The van der Waals surface area contributed by atoms with E-state index < -0.39 is 10.4 Å². The summed E-state index contributed by atoms with van der Waals surface area (Å²) in [6.45, 7) is 9.58. The molecule has 1 aliphatic carbocycles. The SMILES string of the molecule is CC[N+](C)(CC)CC(C)Nc1cccc2c1C(=O)c1ccccc1C2=O.COS(=O)(=O)[O-]. The molecule has 0 saturated carbocycles. The molecule has 2 aromatic rings. The van der Waals surface area contributed by atoms with Crippen molar-refractivity contribution in [3.05, 3.63) is 64.7 Å². The topological polar surface area (TPSA) is 113 Å². The Morgan fingerprint density at radius 1 is 0.969 bits per heavy atom. The molecule has 2 aromatic carbocycles. The maximum atomic E-state index is 13.1. The largest absolute Gasteiger partial charge is 0.726 e. The molecule has 1 atom stereocenters.